The molecule has 0 radical (unpaired) electrons. The van der Waals surface area contributed by atoms with Crippen molar-refractivity contribution >= 4 is 17.3 Å². The van der Waals surface area contributed by atoms with Crippen molar-refractivity contribution in [2.75, 3.05) is 19.6 Å². The van der Waals surface area contributed by atoms with Crippen molar-refractivity contribution < 1.29 is 0 Å². The van der Waals surface area contributed by atoms with Gasteiger partial charge >= 0.3 is 0 Å². The zero-order valence-electron chi connectivity index (χ0n) is 10.6. The van der Waals surface area contributed by atoms with Crippen LogP contribution in [-0.2, 0) is 0 Å². The molecule has 0 bridgehead atoms. The van der Waals surface area contributed by atoms with E-state index in [1.807, 2.05) is 6.08 Å². The number of thiocarbonyl (C=S) groups is 1. The molecule has 1 fully saturated rings. The lowest BCUT2D eigenvalue weighted by atomic mass is 9.90. The van der Waals surface area contributed by atoms with E-state index in [4.69, 9.17) is 12.2 Å². The highest BCUT2D eigenvalue weighted by molar-refractivity contribution is 7.80. The molecule has 18 heavy (non-hydrogen) atoms. The van der Waals surface area contributed by atoms with Gasteiger partial charge in [-0.25, -0.2) is 0 Å². The highest BCUT2D eigenvalue weighted by Crippen LogP contribution is 2.27. The van der Waals surface area contributed by atoms with Gasteiger partial charge in [-0.05, 0) is 36.5 Å². The molecule has 1 N–H and O–H groups in total. The van der Waals surface area contributed by atoms with E-state index in [9.17, 15) is 0 Å². The van der Waals surface area contributed by atoms with Gasteiger partial charge in [-0.15, -0.1) is 6.58 Å². The minimum atomic E-state index is 0.685. The van der Waals surface area contributed by atoms with Crippen molar-refractivity contribution in [2.45, 2.75) is 18.8 Å². The van der Waals surface area contributed by atoms with Crippen LogP contribution in [0.4, 0.5) is 0 Å². The highest BCUT2D eigenvalue weighted by atomic mass is 32.1. The fraction of sp³-hybridized carbons (Fsp3) is 0.400. The van der Waals surface area contributed by atoms with Crippen LogP contribution < -0.4 is 5.32 Å². The molecule has 0 spiro atoms. The number of piperidine rings is 1. The van der Waals surface area contributed by atoms with E-state index in [2.05, 4.69) is 47.1 Å². The largest absolute Gasteiger partial charge is 0.359 e. The molecule has 0 atom stereocenters. The minimum absolute atomic E-state index is 0.685. The van der Waals surface area contributed by atoms with Crippen molar-refractivity contribution in [3.8, 4) is 0 Å². The topological polar surface area (TPSA) is 15.3 Å². The molecular formula is C15H20N2S. The average molecular weight is 260 g/mol. The van der Waals surface area contributed by atoms with Gasteiger partial charge in [0, 0.05) is 19.6 Å². The first-order valence-corrected chi connectivity index (χ1v) is 6.90. The molecule has 0 saturated carbocycles. The monoisotopic (exact) mass is 260 g/mol. The summed E-state index contributed by atoms with van der Waals surface area (Å²) < 4.78 is 0. The quantitative estimate of drug-likeness (QED) is 0.664. The first kappa shape index (κ1) is 13.1. The Morgan fingerprint density at radius 2 is 2.00 bits per heavy atom. The smallest absolute Gasteiger partial charge is 0.169 e. The summed E-state index contributed by atoms with van der Waals surface area (Å²) in [4.78, 5) is 2.26. The molecule has 96 valence electrons. The Kier molecular flexibility index (Phi) is 4.76. The lowest BCUT2D eigenvalue weighted by molar-refractivity contribution is 0.310. The second-order valence-electron chi connectivity index (χ2n) is 4.65. The van der Waals surface area contributed by atoms with Gasteiger partial charge in [-0.3, -0.25) is 0 Å². The third kappa shape index (κ3) is 3.33. The lowest BCUT2D eigenvalue weighted by Gasteiger charge is -2.34. The summed E-state index contributed by atoms with van der Waals surface area (Å²) in [7, 11) is 0. The molecule has 0 aromatic heterocycles. The predicted molar refractivity (Wildman–Crippen MR) is 80.8 cm³/mol. The van der Waals surface area contributed by atoms with Crippen LogP contribution in [0.3, 0.4) is 0 Å². The zero-order valence-corrected chi connectivity index (χ0v) is 11.5. The van der Waals surface area contributed by atoms with Gasteiger partial charge < -0.3 is 10.2 Å². The summed E-state index contributed by atoms with van der Waals surface area (Å²) in [6.07, 6.45) is 4.20. The Hall–Kier alpha value is -1.35. The third-order valence-corrected chi connectivity index (χ3v) is 3.85. The summed E-state index contributed by atoms with van der Waals surface area (Å²) in [5.41, 5.74) is 1.46. The number of benzene rings is 1. The molecule has 1 aliphatic rings. The van der Waals surface area contributed by atoms with Crippen LogP contribution >= 0.6 is 12.2 Å². The van der Waals surface area contributed by atoms with Gasteiger partial charge in [0.2, 0.25) is 0 Å². The molecular weight excluding hydrogens is 240 g/mol. The van der Waals surface area contributed by atoms with Crippen LogP contribution in [0.15, 0.2) is 43.0 Å². The highest BCUT2D eigenvalue weighted by Gasteiger charge is 2.21. The number of nitrogens with one attached hydrogen (secondary N) is 1. The molecule has 2 nitrogen and oxygen atoms in total. The number of rotatable bonds is 3. The molecule has 0 unspecified atom stereocenters. The predicted octanol–water partition coefficient (Wildman–Crippen LogP) is 2.93. The Morgan fingerprint density at radius 1 is 1.33 bits per heavy atom. The molecule has 1 heterocycles. The maximum Gasteiger partial charge on any atom is 0.169 e. The molecule has 0 amide bonds. The van der Waals surface area contributed by atoms with Gasteiger partial charge in [-0.1, -0.05) is 36.4 Å². The summed E-state index contributed by atoms with van der Waals surface area (Å²) in [5.74, 6) is 0.685. The Bertz CT molecular complexity index is 394. The van der Waals surface area contributed by atoms with Crippen molar-refractivity contribution in [3.63, 3.8) is 0 Å². The molecule has 1 aromatic rings. The maximum atomic E-state index is 5.36. The molecule has 1 aromatic carbocycles. The van der Waals surface area contributed by atoms with Crippen LogP contribution in [0, 0.1) is 0 Å². The molecule has 1 saturated heterocycles. The Morgan fingerprint density at radius 3 is 2.61 bits per heavy atom. The van der Waals surface area contributed by atoms with Crippen molar-refractivity contribution in [2.24, 2.45) is 0 Å². The normalized spacial score (nSPS) is 16.3. The van der Waals surface area contributed by atoms with Gasteiger partial charge in [0.1, 0.15) is 0 Å². The third-order valence-electron chi connectivity index (χ3n) is 3.45. The van der Waals surface area contributed by atoms with Crippen molar-refractivity contribution in [3.05, 3.63) is 48.6 Å². The van der Waals surface area contributed by atoms with Crippen LogP contribution in [-0.4, -0.2) is 29.6 Å². The van der Waals surface area contributed by atoms with Gasteiger partial charge in [0.05, 0.1) is 0 Å². The Balaban J connectivity index is 1.84. The second-order valence-corrected chi connectivity index (χ2v) is 5.03. The van der Waals surface area contributed by atoms with Crippen molar-refractivity contribution in [1.29, 1.82) is 0 Å². The van der Waals surface area contributed by atoms with E-state index in [0.717, 1.165) is 24.7 Å². The average Bonchev–Trinajstić information content (AvgIpc) is 2.46. The van der Waals surface area contributed by atoms with E-state index >= 15 is 0 Å². The summed E-state index contributed by atoms with van der Waals surface area (Å²) in [5, 5.41) is 4.06. The number of hydrogen-bond acceptors (Lipinski definition) is 1. The van der Waals surface area contributed by atoms with E-state index < -0.39 is 0 Å². The van der Waals surface area contributed by atoms with Crippen LogP contribution in [0.2, 0.25) is 0 Å². The summed E-state index contributed by atoms with van der Waals surface area (Å²) in [6.45, 7) is 6.52. The van der Waals surface area contributed by atoms with Gasteiger partial charge in [0.15, 0.2) is 5.11 Å². The standard InChI is InChI=1S/C15H20N2S/c1-2-10-16-15(18)17-11-8-14(9-12-17)13-6-4-3-5-7-13/h2-7,14H,1,8-12H2,(H,16,18). The molecule has 1 aliphatic heterocycles. The Labute approximate surface area is 115 Å². The van der Waals surface area contributed by atoms with Crippen molar-refractivity contribution in [1.82, 2.24) is 10.2 Å². The number of nitrogens with zero attached hydrogens (tertiary/aromatic N) is 1. The second kappa shape index (κ2) is 6.55. The fourth-order valence-corrected chi connectivity index (χ4v) is 2.68. The van der Waals surface area contributed by atoms with E-state index in [1.165, 1.54) is 18.4 Å². The van der Waals surface area contributed by atoms with Crippen LogP contribution in [0.1, 0.15) is 24.3 Å². The molecule has 0 aliphatic carbocycles. The first-order valence-electron chi connectivity index (χ1n) is 6.50. The zero-order chi connectivity index (χ0) is 12.8. The maximum absolute atomic E-state index is 5.36. The number of hydrogen-bond donors (Lipinski definition) is 1. The number of likely N-dealkylation sites (tertiary alicyclic amines) is 1. The summed E-state index contributed by atoms with van der Waals surface area (Å²) in [6, 6.07) is 10.8. The van der Waals surface area contributed by atoms with Gasteiger partial charge in [-0.2, -0.15) is 0 Å². The lowest BCUT2D eigenvalue weighted by Crippen LogP contribution is -2.43. The van der Waals surface area contributed by atoms with Gasteiger partial charge in [0.25, 0.3) is 0 Å². The van der Waals surface area contributed by atoms with E-state index in [-0.39, 0.29) is 0 Å². The SMILES string of the molecule is C=CCNC(=S)N1CCC(c2ccccc2)CC1. The fourth-order valence-electron chi connectivity index (χ4n) is 2.41. The van der Waals surface area contributed by atoms with E-state index in [0.29, 0.717) is 5.92 Å². The van der Waals surface area contributed by atoms with E-state index in [1.54, 1.807) is 0 Å². The van der Waals surface area contributed by atoms with Crippen LogP contribution in [0.5, 0.6) is 0 Å². The summed E-state index contributed by atoms with van der Waals surface area (Å²) >= 11 is 5.36. The molecule has 3 heteroatoms. The van der Waals surface area contributed by atoms with Crippen LogP contribution in [0.25, 0.3) is 0 Å². The molecule has 2 rings (SSSR count). The minimum Gasteiger partial charge on any atom is -0.359 e. The first-order chi connectivity index (χ1) is 8.81.